The number of benzene rings is 3. The average Bonchev–Trinajstić information content (AvgIpc) is 2.64. The molecule has 3 aromatic carbocycles. The van der Waals surface area contributed by atoms with Gasteiger partial charge in [0, 0.05) is 40.5 Å². The lowest BCUT2D eigenvalue weighted by Gasteiger charge is -2.47. The Labute approximate surface area is 179 Å². The van der Waals surface area contributed by atoms with Crippen LogP contribution in [0.3, 0.4) is 0 Å². The number of hydrogen-bond acceptors (Lipinski definition) is 0. The van der Waals surface area contributed by atoms with Gasteiger partial charge in [0.05, 0.1) is 0 Å². The minimum atomic E-state index is -0.429. The molecular weight excluding hydrogens is 574 g/mol. The zero-order valence-electron chi connectivity index (χ0n) is 12.9. The molecule has 0 spiro atoms. The van der Waals surface area contributed by atoms with Crippen LogP contribution in [0.4, 0.5) is 0 Å². The molecule has 0 amide bonds. The number of rotatable bonds is 0. The maximum Gasteiger partial charge on any atom is 0.174 e. The Hall–Kier alpha value is -0.460. The standard InChI is InChI=1S/C20H11Br4N/c21-16-14-13-9-5-1-3-7-11(9)20(25,12-8-4-2-6-10(12)13)15(14)17(22)19(24)18(16)23/h1-8,13H,25H2/p+1. The fourth-order valence-electron chi connectivity index (χ4n) is 4.50. The zero-order valence-corrected chi connectivity index (χ0v) is 19.3. The average molecular weight is 586 g/mol. The number of quaternary nitrogens is 1. The Balaban J connectivity index is 2.04. The van der Waals surface area contributed by atoms with Gasteiger partial charge in [0.25, 0.3) is 0 Å². The SMILES string of the molecule is [NH3+]C12c3ccccc3C(c3ccccc31)c1c(Br)c(Br)c(Br)c(Br)c12. The normalized spacial score (nSPS) is 22.4. The van der Waals surface area contributed by atoms with Gasteiger partial charge in [-0.3, -0.25) is 0 Å². The van der Waals surface area contributed by atoms with Crippen molar-refractivity contribution in [1.82, 2.24) is 0 Å². The van der Waals surface area contributed by atoms with Gasteiger partial charge in [-0.25, -0.2) is 0 Å². The van der Waals surface area contributed by atoms with Gasteiger partial charge in [0.1, 0.15) is 0 Å². The third kappa shape index (κ3) is 1.91. The molecule has 5 heteroatoms. The predicted octanol–water partition coefficient (Wildman–Crippen LogP) is 6.08. The molecule has 0 atom stereocenters. The van der Waals surface area contributed by atoms with Gasteiger partial charge in [-0.05, 0) is 80.4 Å². The van der Waals surface area contributed by atoms with Crippen LogP contribution in [-0.4, -0.2) is 0 Å². The molecule has 0 aromatic heterocycles. The molecule has 0 saturated heterocycles. The maximum atomic E-state index is 4.80. The smallest absolute Gasteiger partial charge is 0.174 e. The summed E-state index contributed by atoms with van der Waals surface area (Å²) in [6, 6.07) is 17.4. The molecule has 0 aliphatic heterocycles. The summed E-state index contributed by atoms with van der Waals surface area (Å²) in [4.78, 5) is 0. The van der Waals surface area contributed by atoms with E-state index in [-0.39, 0.29) is 5.92 Å². The molecule has 124 valence electrons. The molecule has 0 unspecified atom stereocenters. The van der Waals surface area contributed by atoms with Crippen LogP contribution in [0.1, 0.15) is 39.3 Å². The summed E-state index contributed by atoms with van der Waals surface area (Å²) < 4.78 is 4.22. The van der Waals surface area contributed by atoms with Gasteiger partial charge >= 0.3 is 0 Å². The Morgan fingerprint density at radius 1 is 0.680 bits per heavy atom. The maximum absolute atomic E-state index is 4.80. The van der Waals surface area contributed by atoms with Gasteiger partial charge in [-0.2, -0.15) is 0 Å². The second kappa shape index (κ2) is 5.52. The zero-order chi connectivity index (χ0) is 17.5. The minimum absolute atomic E-state index is 0.209. The summed E-state index contributed by atoms with van der Waals surface area (Å²) in [5.74, 6) is 0.209. The summed E-state index contributed by atoms with van der Waals surface area (Å²) in [5.41, 5.74) is 12.2. The lowest BCUT2D eigenvalue weighted by molar-refractivity contribution is -0.457. The van der Waals surface area contributed by atoms with Crippen molar-refractivity contribution in [2.24, 2.45) is 0 Å². The molecule has 0 saturated carbocycles. The monoisotopic (exact) mass is 582 g/mol. The van der Waals surface area contributed by atoms with Crippen LogP contribution in [0, 0.1) is 0 Å². The summed E-state index contributed by atoms with van der Waals surface area (Å²) in [6.07, 6.45) is 0. The number of hydrogen-bond donors (Lipinski definition) is 1. The molecule has 0 fully saturated rings. The van der Waals surface area contributed by atoms with Crippen molar-refractivity contribution in [2.45, 2.75) is 11.5 Å². The molecule has 1 nitrogen and oxygen atoms in total. The summed E-state index contributed by atoms with van der Waals surface area (Å²) in [5, 5.41) is 0. The second-order valence-electron chi connectivity index (χ2n) is 6.56. The highest BCUT2D eigenvalue weighted by molar-refractivity contribution is 9.15. The van der Waals surface area contributed by atoms with Crippen molar-refractivity contribution in [3.63, 3.8) is 0 Å². The van der Waals surface area contributed by atoms with Crippen molar-refractivity contribution < 1.29 is 5.73 Å². The fraction of sp³-hybridized carbons (Fsp3) is 0.100. The highest BCUT2D eigenvalue weighted by Gasteiger charge is 2.54. The van der Waals surface area contributed by atoms with E-state index in [1.165, 1.54) is 33.4 Å². The van der Waals surface area contributed by atoms with E-state index in [9.17, 15) is 0 Å². The Bertz CT molecular complexity index is 1030. The first-order valence-corrected chi connectivity index (χ1v) is 11.1. The number of halogens is 4. The molecule has 3 N–H and O–H groups in total. The van der Waals surface area contributed by atoms with Crippen LogP contribution in [0.5, 0.6) is 0 Å². The topological polar surface area (TPSA) is 27.6 Å². The van der Waals surface area contributed by atoms with Gasteiger partial charge in [0.2, 0.25) is 0 Å². The Morgan fingerprint density at radius 3 is 1.72 bits per heavy atom. The molecule has 0 radical (unpaired) electrons. The second-order valence-corrected chi connectivity index (χ2v) is 9.73. The highest BCUT2D eigenvalue weighted by Crippen LogP contribution is 2.61. The first kappa shape index (κ1) is 16.7. The van der Waals surface area contributed by atoms with Crippen molar-refractivity contribution in [2.75, 3.05) is 0 Å². The van der Waals surface area contributed by atoms with E-state index >= 15 is 0 Å². The highest BCUT2D eigenvalue weighted by atomic mass is 79.9. The third-order valence-electron chi connectivity index (χ3n) is 5.48. The van der Waals surface area contributed by atoms with Crippen LogP contribution in [0.15, 0.2) is 66.4 Å². The van der Waals surface area contributed by atoms with Crippen LogP contribution in [0.25, 0.3) is 0 Å². The van der Waals surface area contributed by atoms with Crippen LogP contribution in [-0.2, 0) is 5.54 Å². The predicted molar refractivity (Wildman–Crippen MR) is 114 cm³/mol. The van der Waals surface area contributed by atoms with E-state index in [1.54, 1.807) is 0 Å². The molecule has 6 rings (SSSR count). The first-order valence-electron chi connectivity index (χ1n) is 7.88. The van der Waals surface area contributed by atoms with E-state index in [1.807, 2.05) is 0 Å². The molecule has 3 aliphatic rings. The lowest BCUT2D eigenvalue weighted by atomic mass is 9.57. The van der Waals surface area contributed by atoms with E-state index in [2.05, 4.69) is 112 Å². The van der Waals surface area contributed by atoms with E-state index in [4.69, 9.17) is 5.73 Å². The molecule has 25 heavy (non-hydrogen) atoms. The summed E-state index contributed by atoms with van der Waals surface area (Å²) >= 11 is 15.2. The largest absolute Gasteiger partial charge is 0.341 e. The fourth-order valence-corrected chi connectivity index (χ4v) is 7.22. The molecular formula is C20H12Br4N+. The van der Waals surface area contributed by atoms with Gasteiger partial charge in [-0.1, -0.05) is 48.5 Å². The van der Waals surface area contributed by atoms with Crippen LogP contribution >= 0.6 is 63.7 Å². The van der Waals surface area contributed by atoms with E-state index in [0.29, 0.717) is 0 Å². The van der Waals surface area contributed by atoms with Gasteiger partial charge in [-0.15, -0.1) is 0 Å². The van der Waals surface area contributed by atoms with Crippen molar-refractivity contribution in [1.29, 1.82) is 0 Å². The molecule has 3 aromatic rings. The van der Waals surface area contributed by atoms with E-state index < -0.39 is 5.54 Å². The summed E-state index contributed by atoms with van der Waals surface area (Å²) in [6.45, 7) is 0. The van der Waals surface area contributed by atoms with Gasteiger partial charge in [0.15, 0.2) is 5.54 Å². The quantitative estimate of drug-likeness (QED) is 0.245. The Kier molecular flexibility index (Phi) is 3.69. The van der Waals surface area contributed by atoms with Crippen molar-refractivity contribution in [3.8, 4) is 0 Å². The van der Waals surface area contributed by atoms with Crippen LogP contribution in [0.2, 0.25) is 0 Å². The first-order chi connectivity index (χ1) is 12.0. The summed E-state index contributed by atoms with van der Waals surface area (Å²) in [7, 11) is 0. The third-order valence-corrected chi connectivity index (χ3v) is 10.3. The van der Waals surface area contributed by atoms with Crippen molar-refractivity contribution in [3.05, 3.63) is 99.8 Å². The van der Waals surface area contributed by atoms with Crippen LogP contribution < -0.4 is 5.73 Å². The van der Waals surface area contributed by atoms with E-state index in [0.717, 1.165) is 17.9 Å². The Morgan fingerprint density at radius 2 is 1.16 bits per heavy atom. The van der Waals surface area contributed by atoms with Crippen molar-refractivity contribution >= 4 is 63.7 Å². The molecule has 0 heterocycles. The van der Waals surface area contributed by atoms with Gasteiger partial charge < -0.3 is 5.73 Å². The molecule has 2 bridgehead atoms. The molecule has 3 aliphatic carbocycles. The lowest BCUT2D eigenvalue weighted by Crippen LogP contribution is -2.74. The minimum Gasteiger partial charge on any atom is -0.341 e.